The van der Waals surface area contributed by atoms with E-state index >= 15 is 0 Å². The first-order chi connectivity index (χ1) is 26.5. The van der Waals surface area contributed by atoms with E-state index < -0.39 is 12.2 Å². The monoisotopic (exact) mass is 960 g/mol. The number of allylic oxidation sites excluding steroid dienone is 6. The molecule has 2 saturated carbocycles. The molecule has 18 atom stereocenters. The molecule has 8 nitrogen and oxygen atoms in total. The Morgan fingerprint density at radius 1 is 0.776 bits per heavy atom. The number of rotatable bonds is 15. The Labute approximate surface area is 403 Å². The molecule has 6 aliphatic rings. The van der Waals surface area contributed by atoms with Crippen molar-refractivity contribution >= 4 is 0 Å². The summed E-state index contributed by atoms with van der Waals surface area (Å²) in [5, 5.41) is 19.9. The number of methoxy groups -OCH3 is 2. The summed E-state index contributed by atoms with van der Waals surface area (Å²) in [5.74, 6) is 2.63. The molecule has 4 saturated heterocycles. The number of hydrogen-bond donors (Lipinski definition) is 2. The van der Waals surface area contributed by atoms with Gasteiger partial charge in [0.1, 0.15) is 0 Å². The van der Waals surface area contributed by atoms with E-state index in [9.17, 15) is 10.2 Å². The number of hydrogen-bond acceptors (Lipinski definition) is 8. The smallest absolute Gasteiger partial charge is 0.0958 e. The van der Waals surface area contributed by atoms with Crippen LogP contribution in [-0.2, 0) is 93.8 Å². The maximum absolute atomic E-state index is 9.97. The molecule has 0 aromatic heterocycles. The van der Waals surface area contributed by atoms with Crippen molar-refractivity contribution in [2.24, 2.45) is 35.5 Å². The van der Waals surface area contributed by atoms with Crippen LogP contribution >= 0.6 is 0 Å². The van der Waals surface area contributed by atoms with Crippen LogP contribution < -0.4 is 0 Å². The first kappa shape index (κ1) is 53.2. The minimum absolute atomic E-state index is 0. The van der Waals surface area contributed by atoms with Crippen LogP contribution in [0.15, 0.2) is 47.6 Å². The molecule has 326 valence electrons. The molecule has 0 amide bonds. The van der Waals surface area contributed by atoms with Crippen molar-refractivity contribution in [1.82, 2.24) is 0 Å². The number of fused-ring (bicyclic) bond motifs is 1. The Hall–Kier alpha value is 0.848. The van der Waals surface area contributed by atoms with E-state index in [1.54, 1.807) is 21.1 Å². The number of ether oxygens (including phenoxy) is 6. The zero-order chi connectivity index (χ0) is 40.9. The van der Waals surface area contributed by atoms with Gasteiger partial charge in [-0.2, -0.15) is 0 Å². The molecule has 0 bridgehead atoms. The molecule has 0 aromatic carbocycles. The molecule has 2 N–H and O–H groups in total. The van der Waals surface area contributed by atoms with Gasteiger partial charge in [0.2, 0.25) is 0 Å². The average molecular weight is 961 g/mol. The van der Waals surface area contributed by atoms with Crippen LogP contribution in [0.2, 0.25) is 0 Å². The van der Waals surface area contributed by atoms with Crippen molar-refractivity contribution in [3.05, 3.63) is 61.4 Å². The van der Waals surface area contributed by atoms with Gasteiger partial charge in [0.15, 0.2) is 0 Å². The van der Waals surface area contributed by atoms with Crippen LogP contribution in [0.5, 0.6) is 0 Å². The van der Waals surface area contributed by atoms with Crippen LogP contribution in [0.25, 0.3) is 0 Å². The molecule has 6 fully saturated rings. The van der Waals surface area contributed by atoms with Gasteiger partial charge in [-0.25, -0.2) is 0 Å². The molecular formula is C48H78O8Y2-2. The number of aliphatic hydroxyl groups excluding tert-OH is 2. The summed E-state index contributed by atoms with van der Waals surface area (Å²) in [6.45, 7) is 25.0. The Morgan fingerprint density at radius 3 is 1.88 bits per heavy atom. The van der Waals surface area contributed by atoms with E-state index in [4.69, 9.17) is 28.4 Å². The summed E-state index contributed by atoms with van der Waals surface area (Å²) < 4.78 is 35.5. The third-order valence-electron chi connectivity index (χ3n) is 14.1. The fraction of sp³-hybridized carbons (Fsp3) is 0.792. The van der Waals surface area contributed by atoms with Crippen molar-refractivity contribution in [3.63, 3.8) is 0 Å². The molecule has 0 aromatic rings. The summed E-state index contributed by atoms with van der Waals surface area (Å²) in [5.41, 5.74) is 2.57. The molecular weight excluding hydrogens is 882 g/mol. The van der Waals surface area contributed by atoms with Gasteiger partial charge in [0, 0.05) is 91.5 Å². The van der Waals surface area contributed by atoms with Gasteiger partial charge < -0.3 is 52.5 Å². The predicted molar refractivity (Wildman–Crippen MR) is 224 cm³/mol. The summed E-state index contributed by atoms with van der Waals surface area (Å²) in [6.07, 6.45) is 24.2. The molecule has 58 heavy (non-hydrogen) atoms. The largest absolute Gasteiger partial charge is 0.402 e. The van der Waals surface area contributed by atoms with Crippen LogP contribution in [0.4, 0.5) is 0 Å². The van der Waals surface area contributed by atoms with Crippen LogP contribution in [0.3, 0.4) is 0 Å². The maximum Gasteiger partial charge on any atom is 0.0958 e. The molecule has 18 unspecified atom stereocenters. The first-order valence-electron chi connectivity index (χ1n) is 22.0. The van der Waals surface area contributed by atoms with Gasteiger partial charge >= 0.3 is 0 Å². The van der Waals surface area contributed by atoms with Crippen molar-refractivity contribution in [3.8, 4) is 0 Å². The fourth-order valence-corrected chi connectivity index (χ4v) is 10.9. The second-order valence-corrected chi connectivity index (χ2v) is 18.9. The number of aliphatic hydroxyl groups is 2. The van der Waals surface area contributed by atoms with Gasteiger partial charge in [0.25, 0.3) is 0 Å². The van der Waals surface area contributed by atoms with Crippen molar-refractivity contribution in [1.29, 1.82) is 0 Å². The standard InChI is InChI=1S/2C24H39O4.2Y/c1-15(21-16(2)10-11-17(3)27-21)8-7-9-20-12-13-24(14-20)23(28-24)18(4)22(26-6)19(5)25;1-15(8-7-9-16(2)21-17(3)10-11-18(4)27-21)14-24-13-12-20(23(24)28-24)22(26-6)19(5)25;;/h7-9,16-23,25H,3,10-14H2,1-2,4-6H3;7-9,15,17-23,25H,4,10-14H2,1-3,5-6H3;;/q2*-1;;/b9-7+,15-8+;8-7+,16-9+;;. The van der Waals surface area contributed by atoms with E-state index in [1.165, 1.54) is 24.0 Å². The second-order valence-electron chi connectivity index (χ2n) is 18.9. The summed E-state index contributed by atoms with van der Waals surface area (Å²) >= 11 is 0. The summed E-state index contributed by atoms with van der Waals surface area (Å²) in [6, 6.07) is 0. The first-order valence-corrected chi connectivity index (χ1v) is 22.0. The van der Waals surface area contributed by atoms with E-state index in [0.717, 1.165) is 51.4 Å². The molecule has 6 rings (SSSR count). The zero-order valence-corrected chi connectivity index (χ0v) is 43.4. The van der Waals surface area contributed by atoms with Gasteiger partial charge in [0.05, 0.1) is 60.0 Å². The molecule has 2 aliphatic carbocycles. The Balaban J connectivity index is 0.000000300. The fourth-order valence-electron chi connectivity index (χ4n) is 10.9. The average Bonchev–Trinajstić information content (AvgIpc) is 3.94. The van der Waals surface area contributed by atoms with Crippen molar-refractivity contribution in [2.45, 2.75) is 192 Å². The summed E-state index contributed by atoms with van der Waals surface area (Å²) in [4.78, 5) is 0. The number of epoxide rings is 2. The molecule has 2 radical (unpaired) electrons. The maximum atomic E-state index is 9.97. The van der Waals surface area contributed by atoms with Crippen LogP contribution in [-0.4, -0.2) is 96.7 Å². The molecule has 1 spiro atoms. The zero-order valence-electron chi connectivity index (χ0n) is 37.7. The van der Waals surface area contributed by atoms with Gasteiger partial charge in [-0.05, 0) is 114 Å². The minimum Gasteiger partial charge on any atom is -0.402 e. The van der Waals surface area contributed by atoms with Crippen molar-refractivity contribution < 1.29 is 104 Å². The summed E-state index contributed by atoms with van der Waals surface area (Å²) in [7, 11) is 3.36. The third-order valence-corrected chi connectivity index (χ3v) is 14.1. The molecule has 4 aliphatic heterocycles. The Kier molecular flexibility index (Phi) is 21.7. The quantitative estimate of drug-likeness (QED) is 0.0954. The second kappa shape index (κ2) is 23.7. The normalized spacial score (nSPS) is 40.4. The van der Waals surface area contributed by atoms with Gasteiger partial charge in [-0.3, -0.25) is 0 Å². The van der Waals surface area contributed by atoms with E-state index in [0.29, 0.717) is 29.6 Å². The van der Waals surface area contributed by atoms with Gasteiger partial charge in [-0.1, -0.05) is 89.2 Å². The SMILES string of the molecule is [CH2-]C1CCC(C)C(/C(C)=C/C=C/C(C)CC23CCC(C(OC)C(C)O)C2O3)O1.[CH2-]C1CCC(C)C(/C(C)=C/C=C/C2CCC3(C2)OC3C(C)C(OC)C(C)O)O1.[Y].[Y]. The van der Waals surface area contributed by atoms with Crippen LogP contribution in [0.1, 0.15) is 120 Å². The molecule has 4 heterocycles. The third kappa shape index (κ3) is 13.4. The Morgan fingerprint density at radius 2 is 1.36 bits per heavy atom. The predicted octanol–water partition coefficient (Wildman–Crippen LogP) is 8.95. The minimum atomic E-state index is -0.478. The van der Waals surface area contributed by atoms with E-state index in [-0.39, 0.29) is 131 Å². The Bertz CT molecular complexity index is 1380. The molecule has 10 heteroatoms. The van der Waals surface area contributed by atoms with Gasteiger partial charge in [-0.15, -0.1) is 0 Å². The van der Waals surface area contributed by atoms with Crippen LogP contribution in [0, 0.1) is 49.4 Å². The van der Waals surface area contributed by atoms with E-state index in [2.05, 4.69) is 91.8 Å². The topological polar surface area (TPSA) is 102 Å². The van der Waals surface area contributed by atoms with E-state index in [1.807, 2.05) is 6.92 Å². The van der Waals surface area contributed by atoms with Crippen molar-refractivity contribution in [2.75, 3.05) is 14.2 Å².